The van der Waals surface area contributed by atoms with Crippen molar-refractivity contribution in [3.05, 3.63) is 57.9 Å². The van der Waals surface area contributed by atoms with E-state index in [1.54, 1.807) is 6.92 Å². The zero-order valence-electron chi connectivity index (χ0n) is 9.68. The molecule has 17 heavy (non-hydrogen) atoms. The van der Waals surface area contributed by atoms with Crippen molar-refractivity contribution in [3.8, 4) is 0 Å². The molecule has 1 aromatic carbocycles. The van der Waals surface area contributed by atoms with Gasteiger partial charge in [-0.15, -0.1) is 4.73 Å². The van der Waals surface area contributed by atoms with Crippen LogP contribution in [-0.2, 0) is 0 Å². The van der Waals surface area contributed by atoms with Crippen molar-refractivity contribution in [2.24, 2.45) is 0 Å². The molecule has 0 saturated carbocycles. The number of aromatic nitrogens is 1. The Labute approximate surface area is 104 Å². The van der Waals surface area contributed by atoms with E-state index in [9.17, 15) is 10.0 Å². The summed E-state index contributed by atoms with van der Waals surface area (Å²) < 4.78 is 0.708. The second-order valence-corrected chi connectivity index (χ2v) is 4.92. The van der Waals surface area contributed by atoms with Gasteiger partial charge in [0.1, 0.15) is 5.03 Å². The molecule has 0 bridgehead atoms. The predicted octanol–water partition coefficient (Wildman–Crippen LogP) is 2.85. The molecular weight excluding hydrogens is 234 g/mol. The molecule has 0 amide bonds. The van der Waals surface area contributed by atoms with E-state index in [-0.39, 0.29) is 5.56 Å². The molecule has 4 heteroatoms. The molecule has 0 saturated heterocycles. The summed E-state index contributed by atoms with van der Waals surface area (Å²) >= 11 is 1.36. The lowest BCUT2D eigenvalue weighted by atomic mass is 10.2. The molecule has 0 spiro atoms. The van der Waals surface area contributed by atoms with Crippen molar-refractivity contribution in [1.82, 2.24) is 4.73 Å². The maximum absolute atomic E-state index is 11.7. The summed E-state index contributed by atoms with van der Waals surface area (Å²) in [6.45, 7) is 3.58. The standard InChI is InChI=1S/C13H13NO2S/c1-9-8-12(14(16)13(15)10(9)2)17-11-6-4-3-5-7-11/h3-8,16H,1-2H3. The molecule has 2 aromatic rings. The molecule has 0 aliphatic rings. The van der Waals surface area contributed by atoms with E-state index in [0.717, 1.165) is 10.5 Å². The molecular formula is C13H13NO2S. The van der Waals surface area contributed by atoms with Crippen LogP contribution in [0.5, 0.6) is 0 Å². The minimum Gasteiger partial charge on any atom is -0.424 e. The second-order valence-electron chi connectivity index (χ2n) is 3.82. The van der Waals surface area contributed by atoms with Gasteiger partial charge in [-0.25, -0.2) is 0 Å². The van der Waals surface area contributed by atoms with Crippen LogP contribution in [0, 0.1) is 13.8 Å². The van der Waals surface area contributed by atoms with E-state index in [1.165, 1.54) is 11.8 Å². The summed E-state index contributed by atoms with van der Waals surface area (Å²) in [7, 11) is 0. The van der Waals surface area contributed by atoms with E-state index in [4.69, 9.17) is 0 Å². The normalized spacial score (nSPS) is 10.5. The van der Waals surface area contributed by atoms with E-state index in [1.807, 2.05) is 43.3 Å². The van der Waals surface area contributed by atoms with Crippen LogP contribution in [-0.4, -0.2) is 9.94 Å². The summed E-state index contributed by atoms with van der Waals surface area (Å²) in [5.41, 5.74) is 1.10. The zero-order valence-corrected chi connectivity index (χ0v) is 10.5. The maximum atomic E-state index is 11.7. The summed E-state index contributed by atoms with van der Waals surface area (Å²) in [5, 5.41) is 10.3. The smallest absolute Gasteiger partial charge is 0.287 e. The first-order valence-electron chi connectivity index (χ1n) is 5.25. The molecule has 0 fully saturated rings. The van der Waals surface area contributed by atoms with Crippen LogP contribution in [0.4, 0.5) is 0 Å². The van der Waals surface area contributed by atoms with Gasteiger partial charge < -0.3 is 5.21 Å². The average molecular weight is 247 g/mol. The van der Waals surface area contributed by atoms with Crippen molar-refractivity contribution in [2.45, 2.75) is 23.8 Å². The third-order valence-corrected chi connectivity index (χ3v) is 3.63. The van der Waals surface area contributed by atoms with Crippen molar-refractivity contribution in [3.63, 3.8) is 0 Å². The molecule has 1 N–H and O–H groups in total. The molecule has 0 aliphatic heterocycles. The monoisotopic (exact) mass is 247 g/mol. The Kier molecular flexibility index (Phi) is 3.24. The number of nitrogens with zero attached hydrogens (tertiary/aromatic N) is 1. The Morgan fingerprint density at radius 2 is 1.82 bits per heavy atom. The summed E-state index contributed by atoms with van der Waals surface area (Å²) in [5.74, 6) is 0. The molecule has 1 aromatic heterocycles. The van der Waals surface area contributed by atoms with Crippen LogP contribution in [0.25, 0.3) is 0 Å². The van der Waals surface area contributed by atoms with Gasteiger partial charge in [0.25, 0.3) is 5.56 Å². The summed E-state index contributed by atoms with van der Waals surface area (Å²) in [6.07, 6.45) is 0. The Morgan fingerprint density at radius 1 is 1.18 bits per heavy atom. The number of hydrogen-bond acceptors (Lipinski definition) is 3. The average Bonchev–Trinajstić information content (AvgIpc) is 2.35. The molecule has 0 radical (unpaired) electrons. The van der Waals surface area contributed by atoms with Gasteiger partial charge in [-0.2, -0.15) is 0 Å². The molecule has 2 rings (SSSR count). The highest BCUT2D eigenvalue weighted by atomic mass is 32.2. The van der Waals surface area contributed by atoms with Crippen molar-refractivity contribution in [2.75, 3.05) is 0 Å². The number of benzene rings is 1. The Hall–Kier alpha value is -1.68. The van der Waals surface area contributed by atoms with Gasteiger partial charge in [0, 0.05) is 10.5 Å². The Bertz CT molecular complexity index is 590. The summed E-state index contributed by atoms with van der Waals surface area (Å²) in [4.78, 5) is 12.7. The van der Waals surface area contributed by atoms with Gasteiger partial charge in [0.15, 0.2) is 0 Å². The second kappa shape index (κ2) is 4.67. The van der Waals surface area contributed by atoms with Crippen LogP contribution in [0.1, 0.15) is 11.1 Å². The molecule has 0 unspecified atom stereocenters. The van der Waals surface area contributed by atoms with Gasteiger partial charge in [0.2, 0.25) is 0 Å². The van der Waals surface area contributed by atoms with Crippen molar-refractivity contribution < 1.29 is 5.21 Å². The zero-order chi connectivity index (χ0) is 12.4. The number of rotatable bonds is 2. The lowest BCUT2D eigenvalue weighted by molar-refractivity contribution is 0.149. The van der Waals surface area contributed by atoms with E-state index < -0.39 is 0 Å². The largest absolute Gasteiger partial charge is 0.424 e. The Balaban J connectivity index is 2.44. The van der Waals surface area contributed by atoms with Gasteiger partial charge >= 0.3 is 0 Å². The summed E-state index contributed by atoms with van der Waals surface area (Å²) in [6, 6.07) is 11.5. The molecule has 88 valence electrons. The molecule has 3 nitrogen and oxygen atoms in total. The van der Waals surface area contributed by atoms with E-state index >= 15 is 0 Å². The minimum absolute atomic E-state index is 0.358. The fourth-order valence-corrected chi connectivity index (χ4v) is 2.40. The highest BCUT2D eigenvalue weighted by Gasteiger charge is 2.09. The highest BCUT2D eigenvalue weighted by Crippen LogP contribution is 2.26. The molecule has 0 atom stereocenters. The number of hydrogen-bond donors (Lipinski definition) is 1. The molecule has 0 aliphatic carbocycles. The lowest BCUT2D eigenvalue weighted by Crippen LogP contribution is -2.22. The number of pyridine rings is 1. The fourth-order valence-electron chi connectivity index (χ4n) is 1.46. The first-order valence-corrected chi connectivity index (χ1v) is 6.06. The van der Waals surface area contributed by atoms with Crippen LogP contribution in [0.3, 0.4) is 0 Å². The quantitative estimate of drug-likeness (QED) is 0.830. The maximum Gasteiger partial charge on any atom is 0.287 e. The van der Waals surface area contributed by atoms with Crippen LogP contribution >= 0.6 is 11.8 Å². The topological polar surface area (TPSA) is 42.2 Å². The van der Waals surface area contributed by atoms with Gasteiger partial charge in [-0.3, -0.25) is 4.79 Å². The first-order chi connectivity index (χ1) is 8.09. The number of aryl methyl sites for hydroxylation is 1. The molecule has 1 heterocycles. The fraction of sp³-hybridized carbons (Fsp3) is 0.154. The SMILES string of the molecule is Cc1cc(Sc2ccccc2)n(O)c(=O)c1C. The van der Waals surface area contributed by atoms with Crippen molar-refractivity contribution in [1.29, 1.82) is 0 Å². The third-order valence-electron chi connectivity index (χ3n) is 2.62. The highest BCUT2D eigenvalue weighted by molar-refractivity contribution is 7.99. The Morgan fingerprint density at radius 3 is 2.47 bits per heavy atom. The van der Waals surface area contributed by atoms with Crippen molar-refractivity contribution >= 4 is 11.8 Å². The van der Waals surface area contributed by atoms with Gasteiger partial charge in [-0.1, -0.05) is 30.0 Å². The van der Waals surface area contributed by atoms with Gasteiger partial charge in [0.05, 0.1) is 0 Å². The van der Waals surface area contributed by atoms with Crippen LogP contribution < -0.4 is 5.56 Å². The van der Waals surface area contributed by atoms with E-state index in [2.05, 4.69) is 0 Å². The first kappa shape index (κ1) is 11.8. The lowest BCUT2D eigenvalue weighted by Gasteiger charge is -2.09. The minimum atomic E-state index is -0.358. The van der Waals surface area contributed by atoms with Crippen LogP contribution in [0.2, 0.25) is 0 Å². The van der Waals surface area contributed by atoms with Gasteiger partial charge in [-0.05, 0) is 37.6 Å². The van der Waals surface area contributed by atoms with Crippen LogP contribution in [0.15, 0.2) is 51.1 Å². The third kappa shape index (κ3) is 2.36. The predicted molar refractivity (Wildman–Crippen MR) is 67.9 cm³/mol. The van der Waals surface area contributed by atoms with E-state index in [0.29, 0.717) is 15.3 Å².